The van der Waals surface area contributed by atoms with Crippen LogP contribution >= 0.6 is 11.6 Å². The molecule has 4 aromatic rings. The fraction of sp³-hybridized carbons (Fsp3) is 0.200. The predicted octanol–water partition coefficient (Wildman–Crippen LogP) is 4.93. The second-order valence-electron chi connectivity index (χ2n) is 9.66. The summed E-state index contributed by atoms with van der Waals surface area (Å²) in [6, 6.07) is 21.3. The summed E-state index contributed by atoms with van der Waals surface area (Å²) in [5.74, 6) is 0.781. The fourth-order valence-electron chi connectivity index (χ4n) is 4.55. The fourth-order valence-corrected chi connectivity index (χ4v) is 5.63. The van der Waals surface area contributed by atoms with Crippen molar-refractivity contribution in [2.75, 3.05) is 18.4 Å². The number of aliphatic hydroxyl groups is 1. The third-order valence-corrected chi connectivity index (χ3v) is 8.26. The Morgan fingerprint density at radius 1 is 1.05 bits per heavy atom. The highest BCUT2D eigenvalue weighted by Gasteiger charge is 2.22. The monoisotopic (exact) mass is 592 g/mol. The molecule has 5 rings (SSSR count). The Labute approximate surface area is 243 Å². The molecule has 0 bridgehead atoms. The summed E-state index contributed by atoms with van der Waals surface area (Å²) >= 11 is 5.85. The number of halogens is 1. The number of aliphatic hydroxyl groups excluding tert-OH is 1. The maximum Gasteiger partial charge on any atom is 0.333 e. The lowest BCUT2D eigenvalue weighted by Crippen LogP contribution is -2.36. The van der Waals surface area contributed by atoms with Gasteiger partial charge >= 0.3 is 6.03 Å². The number of aromatic nitrogens is 1. The lowest BCUT2D eigenvalue weighted by molar-refractivity contribution is 0.146. The molecule has 41 heavy (non-hydrogen) atoms. The second kappa shape index (κ2) is 12.7. The molecule has 0 radical (unpaired) electrons. The minimum absolute atomic E-state index is 0.0326. The molecule has 11 heteroatoms. The van der Waals surface area contributed by atoms with Crippen molar-refractivity contribution in [3.05, 3.63) is 107 Å². The standard InChI is InChI=1S/C30H29ClN4O5S/c31-24-8-10-25(11-9-24)34-30(37)35-41(38,39)27-5-1-3-20(16-27)21-7-13-29-22(15-21)6-12-26(40-29)18-33-19-28(36)23-4-2-14-32-17-23/h1-5,7-11,13-17,26,28,33,36H,6,12,18-19H2,(H2,34,35,37). The smallest absolute Gasteiger partial charge is 0.333 e. The molecule has 1 aliphatic rings. The predicted molar refractivity (Wildman–Crippen MR) is 157 cm³/mol. The average molecular weight is 593 g/mol. The van der Waals surface area contributed by atoms with Gasteiger partial charge < -0.3 is 20.5 Å². The van der Waals surface area contributed by atoms with Crippen LogP contribution in [0, 0.1) is 0 Å². The van der Waals surface area contributed by atoms with Gasteiger partial charge in [-0.05, 0) is 84.1 Å². The van der Waals surface area contributed by atoms with Gasteiger partial charge in [0.05, 0.1) is 11.0 Å². The van der Waals surface area contributed by atoms with Gasteiger partial charge in [0.25, 0.3) is 10.0 Å². The summed E-state index contributed by atoms with van der Waals surface area (Å²) in [6.07, 6.45) is 4.24. The molecule has 1 aromatic heterocycles. The number of rotatable bonds is 9. The van der Waals surface area contributed by atoms with Crippen LogP contribution in [0.3, 0.4) is 0 Å². The van der Waals surface area contributed by atoms with E-state index in [1.807, 2.05) is 35.1 Å². The number of hydrogen-bond acceptors (Lipinski definition) is 7. The minimum atomic E-state index is -4.12. The van der Waals surface area contributed by atoms with E-state index in [1.54, 1.807) is 48.8 Å². The van der Waals surface area contributed by atoms with Crippen molar-refractivity contribution in [1.29, 1.82) is 0 Å². The Kier molecular flexibility index (Phi) is 8.84. The Morgan fingerprint density at radius 2 is 1.85 bits per heavy atom. The number of urea groups is 1. The first-order chi connectivity index (χ1) is 19.8. The quantitative estimate of drug-likeness (QED) is 0.217. The summed E-state index contributed by atoms with van der Waals surface area (Å²) in [4.78, 5) is 16.3. The molecule has 0 spiro atoms. The first kappa shape index (κ1) is 28.6. The zero-order valence-corrected chi connectivity index (χ0v) is 23.5. The average Bonchev–Trinajstić information content (AvgIpc) is 2.98. The van der Waals surface area contributed by atoms with E-state index in [1.165, 1.54) is 12.1 Å². The maximum atomic E-state index is 12.9. The normalized spacial score (nSPS) is 15.3. The van der Waals surface area contributed by atoms with Crippen LogP contribution in [0.5, 0.6) is 5.75 Å². The van der Waals surface area contributed by atoms with Gasteiger partial charge in [-0.25, -0.2) is 17.9 Å². The maximum absolute atomic E-state index is 12.9. The highest BCUT2D eigenvalue weighted by atomic mass is 35.5. The van der Waals surface area contributed by atoms with E-state index in [4.69, 9.17) is 16.3 Å². The number of nitrogens with one attached hydrogen (secondary N) is 3. The SMILES string of the molecule is O=C(Nc1ccc(Cl)cc1)NS(=O)(=O)c1cccc(-c2ccc3c(c2)CCC(CNCC(O)c2cccnc2)O3)c1. The summed E-state index contributed by atoms with van der Waals surface area (Å²) in [5, 5.41) is 16.6. The number of hydrogen-bond donors (Lipinski definition) is 4. The largest absolute Gasteiger partial charge is 0.489 e. The molecule has 0 aliphatic carbocycles. The molecule has 2 unspecified atom stereocenters. The molecule has 2 atom stereocenters. The molecule has 0 saturated carbocycles. The number of fused-ring (bicyclic) bond motifs is 1. The van der Waals surface area contributed by atoms with Crippen LogP contribution in [0.4, 0.5) is 10.5 Å². The molecule has 0 saturated heterocycles. The third-order valence-electron chi connectivity index (χ3n) is 6.68. The van der Waals surface area contributed by atoms with Crippen LogP contribution in [-0.2, 0) is 16.4 Å². The number of aryl methyl sites for hydroxylation is 1. The van der Waals surface area contributed by atoms with E-state index < -0.39 is 22.2 Å². The Bertz CT molecular complexity index is 1620. The van der Waals surface area contributed by atoms with Crippen LogP contribution in [0.2, 0.25) is 5.02 Å². The van der Waals surface area contributed by atoms with Crippen molar-refractivity contribution in [3.8, 4) is 16.9 Å². The van der Waals surface area contributed by atoms with Gasteiger partial charge in [-0.3, -0.25) is 4.98 Å². The highest BCUT2D eigenvalue weighted by molar-refractivity contribution is 7.90. The number of pyridine rings is 1. The first-order valence-electron chi connectivity index (χ1n) is 13.0. The van der Waals surface area contributed by atoms with E-state index >= 15 is 0 Å². The Balaban J connectivity index is 1.19. The molecule has 0 fully saturated rings. The topological polar surface area (TPSA) is 130 Å². The summed E-state index contributed by atoms with van der Waals surface area (Å²) in [5.41, 5.74) is 3.74. The molecule has 3 aromatic carbocycles. The summed E-state index contributed by atoms with van der Waals surface area (Å²) in [6.45, 7) is 0.991. The number of carbonyl (C=O) groups is 1. The number of nitrogens with zero attached hydrogens (tertiary/aromatic N) is 1. The van der Waals surface area contributed by atoms with Crippen molar-refractivity contribution in [3.63, 3.8) is 0 Å². The van der Waals surface area contributed by atoms with Gasteiger partial charge in [-0.2, -0.15) is 0 Å². The van der Waals surface area contributed by atoms with E-state index in [0.29, 0.717) is 29.4 Å². The van der Waals surface area contributed by atoms with E-state index in [-0.39, 0.29) is 11.0 Å². The third kappa shape index (κ3) is 7.42. The molecule has 2 heterocycles. The number of benzene rings is 3. The minimum Gasteiger partial charge on any atom is -0.489 e. The molecule has 212 valence electrons. The van der Waals surface area contributed by atoms with E-state index in [0.717, 1.165) is 35.3 Å². The molecular formula is C30H29ClN4O5S. The van der Waals surface area contributed by atoms with Gasteiger partial charge in [-0.1, -0.05) is 35.9 Å². The van der Waals surface area contributed by atoms with Crippen LogP contribution in [0.15, 0.2) is 96.2 Å². The van der Waals surface area contributed by atoms with Crippen LogP contribution in [0.25, 0.3) is 11.1 Å². The second-order valence-corrected chi connectivity index (χ2v) is 11.8. The zero-order chi connectivity index (χ0) is 28.8. The van der Waals surface area contributed by atoms with Crippen molar-refractivity contribution in [1.82, 2.24) is 15.0 Å². The summed E-state index contributed by atoms with van der Waals surface area (Å²) in [7, 11) is -4.12. The van der Waals surface area contributed by atoms with Crippen LogP contribution < -0.4 is 20.1 Å². The lowest BCUT2D eigenvalue weighted by atomic mass is 9.97. The number of amides is 2. The van der Waals surface area contributed by atoms with Gasteiger partial charge in [0.15, 0.2) is 0 Å². The van der Waals surface area contributed by atoms with Gasteiger partial charge in [0, 0.05) is 41.8 Å². The number of anilines is 1. The number of sulfonamides is 1. The Morgan fingerprint density at radius 3 is 2.63 bits per heavy atom. The highest BCUT2D eigenvalue weighted by Crippen LogP contribution is 2.32. The molecule has 2 amide bonds. The van der Waals surface area contributed by atoms with Gasteiger partial charge in [-0.15, -0.1) is 0 Å². The van der Waals surface area contributed by atoms with Crippen molar-refractivity contribution >= 4 is 33.3 Å². The van der Waals surface area contributed by atoms with Crippen LogP contribution in [-0.4, -0.2) is 43.7 Å². The molecule has 1 aliphatic heterocycles. The zero-order valence-electron chi connectivity index (χ0n) is 22.0. The van der Waals surface area contributed by atoms with Gasteiger partial charge in [0.2, 0.25) is 0 Å². The number of carbonyl (C=O) groups excluding carboxylic acids is 1. The van der Waals surface area contributed by atoms with E-state index in [9.17, 15) is 18.3 Å². The molecular weight excluding hydrogens is 564 g/mol. The summed E-state index contributed by atoms with van der Waals surface area (Å²) < 4.78 is 34.0. The Hall–Kier alpha value is -3.96. The first-order valence-corrected chi connectivity index (χ1v) is 14.9. The van der Waals surface area contributed by atoms with Crippen molar-refractivity contribution < 1.29 is 23.1 Å². The number of ether oxygens (including phenoxy) is 1. The van der Waals surface area contributed by atoms with Crippen molar-refractivity contribution in [2.24, 2.45) is 0 Å². The lowest BCUT2D eigenvalue weighted by Gasteiger charge is -2.27. The molecule has 4 N–H and O–H groups in total. The van der Waals surface area contributed by atoms with Crippen LogP contribution in [0.1, 0.15) is 23.7 Å². The van der Waals surface area contributed by atoms with E-state index in [2.05, 4.69) is 15.6 Å². The van der Waals surface area contributed by atoms with Gasteiger partial charge in [0.1, 0.15) is 11.9 Å². The molecule has 9 nitrogen and oxygen atoms in total. The van der Waals surface area contributed by atoms with Crippen molar-refractivity contribution in [2.45, 2.75) is 29.9 Å².